The van der Waals surface area contributed by atoms with Crippen LogP contribution in [-0.2, 0) is 5.41 Å². The molecule has 1 N–H and O–H groups in total. The number of para-hydroxylation sites is 1. The Kier molecular flexibility index (Phi) is 4.48. The van der Waals surface area contributed by atoms with E-state index in [1.807, 2.05) is 11.8 Å². The van der Waals surface area contributed by atoms with Gasteiger partial charge >= 0.3 is 0 Å². The van der Waals surface area contributed by atoms with Crippen molar-refractivity contribution in [1.82, 2.24) is 0 Å². The molecule has 1 atom stereocenters. The van der Waals surface area contributed by atoms with Crippen LogP contribution >= 0.6 is 11.8 Å². The second-order valence-corrected chi connectivity index (χ2v) is 7.87. The van der Waals surface area contributed by atoms with Crippen molar-refractivity contribution in [2.24, 2.45) is 4.99 Å². The van der Waals surface area contributed by atoms with Gasteiger partial charge < -0.3 is 5.32 Å². The minimum atomic E-state index is 0.101. The number of aliphatic imine (C=N–C) groups is 1. The van der Waals surface area contributed by atoms with Gasteiger partial charge in [0.2, 0.25) is 0 Å². The SMILES string of the molecule is CCC1(C)CCSC(Nc2ccccc2C(C)(C)C)=N1. The van der Waals surface area contributed by atoms with E-state index in [1.165, 1.54) is 17.7 Å². The molecule has 2 nitrogen and oxygen atoms in total. The first-order valence-corrected chi connectivity index (χ1v) is 8.42. The van der Waals surface area contributed by atoms with Gasteiger partial charge in [-0.15, -0.1) is 0 Å². The maximum Gasteiger partial charge on any atom is 0.161 e. The van der Waals surface area contributed by atoms with E-state index in [1.54, 1.807) is 0 Å². The van der Waals surface area contributed by atoms with Crippen LogP contribution in [0.5, 0.6) is 0 Å². The van der Waals surface area contributed by atoms with E-state index < -0.39 is 0 Å². The molecule has 1 aromatic rings. The van der Waals surface area contributed by atoms with Gasteiger partial charge in [0, 0.05) is 11.4 Å². The topological polar surface area (TPSA) is 24.4 Å². The summed E-state index contributed by atoms with van der Waals surface area (Å²) in [5, 5.41) is 4.63. The van der Waals surface area contributed by atoms with Gasteiger partial charge in [0.05, 0.1) is 5.54 Å². The van der Waals surface area contributed by atoms with E-state index in [9.17, 15) is 0 Å². The van der Waals surface area contributed by atoms with Gasteiger partial charge in [0.25, 0.3) is 0 Å². The predicted molar refractivity (Wildman–Crippen MR) is 92.0 cm³/mol. The van der Waals surface area contributed by atoms with Gasteiger partial charge in [-0.3, -0.25) is 4.99 Å². The third-order valence-electron chi connectivity index (χ3n) is 3.99. The number of hydrogen-bond donors (Lipinski definition) is 1. The van der Waals surface area contributed by atoms with Gasteiger partial charge in [0.15, 0.2) is 5.17 Å². The maximum absolute atomic E-state index is 4.92. The highest BCUT2D eigenvalue weighted by molar-refractivity contribution is 8.14. The number of anilines is 1. The van der Waals surface area contributed by atoms with E-state index >= 15 is 0 Å². The molecule has 1 aromatic carbocycles. The Hall–Kier alpha value is -0.960. The number of benzene rings is 1. The lowest BCUT2D eigenvalue weighted by Crippen LogP contribution is -2.30. The molecule has 0 aromatic heterocycles. The molecule has 1 unspecified atom stereocenters. The molecule has 0 bridgehead atoms. The van der Waals surface area contributed by atoms with Crippen LogP contribution in [0.3, 0.4) is 0 Å². The monoisotopic (exact) mass is 290 g/mol. The molecule has 1 heterocycles. The van der Waals surface area contributed by atoms with Crippen LogP contribution in [0.1, 0.15) is 53.0 Å². The fraction of sp³-hybridized carbons (Fsp3) is 0.588. The van der Waals surface area contributed by atoms with Gasteiger partial charge in [-0.25, -0.2) is 0 Å². The van der Waals surface area contributed by atoms with E-state index in [4.69, 9.17) is 4.99 Å². The minimum absolute atomic E-state index is 0.101. The van der Waals surface area contributed by atoms with Gasteiger partial charge in [0.1, 0.15) is 0 Å². The zero-order valence-corrected chi connectivity index (χ0v) is 14.1. The second-order valence-electron chi connectivity index (χ2n) is 6.79. The Morgan fingerprint density at radius 3 is 2.65 bits per heavy atom. The van der Waals surface area contributed by atoms with Crippen molar-refractivity contribution in [3.63, 3.8) is 0 Å². The van der Waals surface area contributed by atoms with Crippen LogP contribution in [0.4, 0.5) is 5.69 Å². The van der Waals surface area contributed by atoms with E-state index in [0.29, 0.717) is 0 Å². The molecule has 1 aliphatic heterocycles. The largest absolute Gasteiger partial charge is 0.335 e. The third-order valence-corrected chi connectivity index (χ3v) is 4.86. The third kappa shape index (κ3) is 3.57. The first-order chi connectivity index (χ1) is 9.34. The van der Waals surface area contributed by atoms with Crippen LogP contribution in [0.15, 0.2) is 29.3 Å². The van der Waals surface area contributed by atoms with E-state index in [-0.39, 0.29) is 11.0 Å². The number of nitrogens with one attached hydrogen (secondary N) is 1. The summed E-state index contributed by atoms with van der Waals surface area (Å²) in [6.45, 7) is 11.2. The molecule has 1 aliphatic rings. The highest BCUT2D eigenvalue weighted by Crippen LogP contribution is 2.33. The van der Waals surface area contributed by atoms with Crippen molar-refractivity contribution >= 4 is 22.6 Å². The molecule has 0 saturated heterocycles. The van der Waals surface area contributed by atoms with Crippen molar-refractivity contribution in [3.8, 4) is 0 Å². The fourth-order valence-corrected chi connectivity index (χ4v) is 3.58. The quantitative estimate of drug-likeness (QED) is 0.823. The zero-order valence-electron chi connectivity index (χ0n) is 13.3. The summed E-state index contributed by atoms with van der Waals surface area (Å²) in [6.07, 6.45) is 2.26. The van der Waals surface area contributed by atoms with Crippen LogP contribution in [0.2, 0.25) is 0 Å². The Morgan fingerprint density at radius 2 is 2.00 bits per heavy atom. The summed E-state index contributed by atoms with van der Waals surface area (Å²) >= 11 is 1.83. The number of rotatable bonds is 2. The number of nitrogens with zero attached hydrogens (tertiary/aromatic N) is 1. The smallest absolute Gasteiger partial charge is 0.161 e. The lowest BCUT2D eigenvalue weighted by atomic mass is 9.86. The van der Waals surface area contributed by atoms with Gasteiger partial charge in [-0.2, -0.15) is 0 Å². The summed E-state index contributed by atoms with van der Waals surface area (Å²) < 4.78 is 0. The Balaban J connectivity index is 2.27. The molecular formula is C17H26N2S. The highest BCUT2D eigenvalue weighted by Gasteiger charge is 2.26. The normalized spacial score (nSPS) is 23.4. The summed E-state index contributed by atoms with van der Waals surface area (Å²) in [5.41, 5.74) is 2.76. The number of hydrogen-bond acceptors (Lipinski definition) is 3. The molecule has 0 saturated carbocycles. The second kappa shape index (κ2) is 5.80. The lowest BCUT2D eigenvalue weighted by molar-refractivity contribution is 0.443. The first kappa shape index (κ1) is 15.4. The van der Waals surface area contributed by atoms with Crippen LogP contribution < -0.4 is 5.32 Å². The van der Waals surface area contributed by atoms with Crippen LogP contribution in [0.25, 0.3) is 0 Å². The number of amidine groups is 1. The molecule has 0 fully saturated rings. The molecule has 0 radical (unpaired) electrons. The Bertz CT molecular complexity index is 502. The number of thioether (sulfide) groups is 1. The lowest BCUT2D eigenvalue weighted by Gasteiger charge is -2.30. The zero-order chi connectivity index (χ0) is 14.8. The van der Waals surface area contributed by atoms with Crippen molar-refractivity contribution < 1.29 is 0 Å². The Labute approximate surface area is 127 Å². The molecule has 20 heavy (non-hydrogen) atoms. The molecule has 3 heteroatoms. The van der Waals surface area contributed by atoms with Crippen LogP contribution in [-0.4, -0.2) is 16.5 Å². The summed E-state index contributed by atoms with van der Waals surface area (Å²) in [5.74, 6) is 1.15. The average Bonchev–Trinajstić information content (AvgIpc) is 2.38. The van der Waals surface area contributed by atoms with Crippen molar-refractivity contribution in [1.29, 1.82) is 0 Å². The molecule has 110 valence electrons. The summed E-state index contributed by atoms with van der Waals surface area (Å²) in [6, 6.07) is 8.55. The van der Waals surface area contributed by atoms with E-state index in [2.05, 4.69) is 64.2 Å². The van der Waals surface area contributed by atoms with Crippen molar-refractivity contribution in [3.05, 3.63) is 29.8 Å². The summed E-state index contributed by atoms with van der Waals surface area (Å²) in [7, 11) is 0. The van der Waals surface area contributed by atoms with Crippen molar-refractivity contribution in [2.75, 3.05) is 11.1 Å². The Morgan fingerprint density at radius 1 is 1.30 bits per heavy atom. The molecule has 0 aliphatic carbocycles. The first-order valence-electron chi connectivity index (χ1n) is 7.43. The standard InChI is InChI=1S/C17H26N2S/c1-6-17(5)11-12-20-15(19-17)18-14-10-8-7-9-13(14)16(2,3)4/h7-10H,6,11-12H2,1-5H3,(H,18,19). The predicted octanol–water partition coefficient (Wildman–Crippen LogP) is 5.06. The van der Waals surface area contributed by atoms with E-state index in [0.717, 1.165) is 17.3 Å². The molecule has 0 spiro atoms. The van der Waals surface area contributed by atoms with Crippen molar-refractivity contribution in [2.45, 2.75) is 58.4 Å². The minimum Gasteiger partial charge on any atom is -0.335 e. The molecule has 0 amide bonds. The van der Waals surface area contributed by atoms with Crippen LogP contribution in [0, 0.1) is 0 Å². The van der Waals surface area contributed by atoms with Gasteiger partial charge in [-0.1, -0.05) is 57.7 Å². The summed E-state index contributed by atoms with van der Waals surface area (Å²) in [4.78, 5) is 4.92. The average molecular weight is 290 g/mol. The molecule has 2 rings (SSSR count). The fourth-order valence-electron chi connectivity index (χ4n) is 2.38. The highest BCUT2D eigenvalue weighted by atomic mass is 32.2. The molecular weight excluding hydrogens is 264 g/mol. The van der Waals surface area contributed by atoms with Gasteiger partial charge in [-0.05, 0) is 36.8 Å². The maximum atomic E-state index is 4.92.